The fourth-order valence-electron chi connectivity index (χ4n) is 13.7. The van der Waals surface area contributed by atoms with Crippen LogP contribution in [0.4, 0.5) is 25.4 Å². The van der Waals surface area contributed by atoms with Gasteiger partial charge < -0.3 is 60.5 Å². The summed E-state index contributed by atoms with van der Waals surface area (Å²) in [5.74, 6) is -5.31. The predicted octanol–water partition coefficient (Wildman–Crippen LogP) is 6.58. The average Bonchev–Trinajstić information content (AvgIpc) is 1.62. The van der Waals surface area contributed by atoms with E-state index >= 15 is 4.39 Å². The Morgan fingerprint density at radius 1 is 0.842 bits per heavy atom. The number of likely N-dealkylation sites (N-methyl/N-ethyl adjacent to an activating group) is 1. The summed E-state index contributed by atoms with van der Waals surface area (Å²) in [5, 5.41) is 16.2. The van der Waals surface area contributed by atoms with E-state index in [-0.39, 0.29) is 85.7 Å². The summed E-state index contributed by atoms with van der Waals surface area (Å²) in [6.45, 7) is 7.42. The van der Waals surface area contributed by atoms with Crippen molar-refractivity contribution in [1.29, 1.82) is 0 Å². The van der Waals surface area contributed by atoms with E-state index in [0.29, 0.717) is 101 Å². The number of benzene rings is 4. The molecule has 6 N–H and O–H groups in total. The predicted molar refractivity (Wildman–Crippen MR) is 370 cm³/mol. The van der Waals surface area contributed by atoms with E-state index in [0.717, 1.165) is 21.4 Å². The van der Waals surface area contributed by atoms with Crippen LogP contribution in [0, 0.1) is 25.6 Å². The molecule has 2 aromatic heterocycles. The Hall–Kier alpha value is -10.5. The van der Waals surface area contributed by atoms with Gasteiger partial charge in [0.15, 0.2) is 0 Å². The number of esters is 1. The lowest BCUT2D eigenvalue weighted by Gasteiger charge is -2.37. The molecule has 5 aliphatic rings. The van der Waals surface area contributed by atoms with Gasteiger partial charge in [0.25, 0.3) is 11.5 Å². The lowest BCUT2D eigenvalue weighted by molar-refractivity contribution is -0.173. The van der Waals surface area contributed by atoms with Crippen molar-refractivity contribution >= 4 is 99.5 Å². The number of nitrogens with one attached hydrogen (secondary N) is 6. The van der Waals surface area contributed by atoms with Gasteiger partial charge in [0, 0.05) is 73.2 Å². The zero-order chi connectivity index (χ0) is 72.1. The van der Waals surface area contributed by atoms with E-state index in [1.54, 1.807) is 93.8 Å². The maximum absolute atomic E-state index is 15.6. The molecule has 26 nitrogen and oxygen atoms in total. The van der Waals surface area contributed by atoms with Gasteiger partial charge in [0.2, 0.25) is 47.0 Å². The normalized spacial score (nSPS) is 18.2. The average molecular weight is 1400 g/mol. The maximum Gasteiger partial charge on any atom is 0.411 e. The molecule has 0 spiro atoms. The first-order valence-electron chi connectivity index (χ1n) is 33.7. The van der Waals surface area contributed by atoms with E-state index in [1.807, 2.05) is 13.8 Å². The number of aromatic nitrogens is 2. The van der Waals surface area contributed by atoms with Gasteiger partial charge in [-0.05, 0) is 134 Å². The molecule has 11 rings (SSSR count). The number of amides is 10. The van der Waals surface area contributed by atoms with Crippen LogP contribution in [0.3, 0.4) is 0 Å². The fourth-order valence-corrected chi connectivity index (χ4v) is 14.3. The number of fused-ring (bicyclic) bond motifs is 5. The smallest absolute Gasteiger partial charge is 0.411 e. The van der Waals surface area contributed by atoms with E-state index in [9.17, 15) is 57.5 Å². The second-order valence-corrected chi connectivity index (χ2v) is 27.5. The van der Waals surface area contributed by atoms with Gasteiger partial charge in [-0.3, -0.25) is 43.2 Å². The highest BCUT2D eigenvalue weighted by atomic mass is 32.2. The summed E-state index contributed by atoms with van der Waals surface area (Å²) >= 11 is 1.26. The molecule has 4 aromatic carbocycles. The molecule has 0 radical (unpaired) electrons. The second-order valence-electron chi connectivity index (χ2n) is 26.4. The quantitative estimate of drug-likeness (QED) is 0.0211. The van der Waals surface area contributed by atoms with E-state index < -0.39 is 108 Å². The van der Waals surface area contributed by atoms with Gasteiger partial charge >= 0.3 is 18.2 Å². The number of rotatable bonds is 24. The standard InChI is InChI=1S/C73H80FN11O15S/c1-8-73(51-29-56-65-49(36-84(56)68(93)50(51)38-98-70(73)95)64-53(79-58(86)23-16-39(2)3)22-21-48-41(5)52(74)30-54(81-65)63(48)64)100-71(96)82(6)35-46-15-12-24-83(46)72(97)99-37-43-17-19-45(20-18-43)78-60(88)34-77-67(92)55(27-42-13-10-9-11-14-42)80-61(89)33-75-59(87)32-76-66(91)44-25-40(4)26-47(28-44)85-62(90)31-57(101-7)69(85)94/h9-11,13-14,17-20,25-26,28-30,39,46,53,55,57H,8,12,15-16,21-24,27,31-38H2,1-7H3,(H,75,87)(H,76,91)(H,77,92)(H,78,88)(H,79,86)(H,80,89)/t46-,53-,55-,57?,73-/m0/s1. The highest BCUT2D eigenvalue weighted by Gasteiger charge is 2.52. The Morgan fingerprint density at radius 2 is 1.58 bits per heavy atom. The second kappa shape index (κ2) is 30.5. The van der Waals surface area contributed by atoms with Gasteiger partial charge in [-0.2, -0.15) is 11.8 Å². The van der Waals surface area contributed by atoms with Crippen molar-refractivity contribution in [2.75, 3.05) is 56.2 Å². The minimum atomic E-state index is -2.07. The first-order valence-corrected chi connectivity index (χ1v) is 35.0. The van der Waals surface area contributed by atoms with Gasteiger partial charge in [0.1, 0.15) is 25.1 Å². The van der Waals surface area contributed by atoms with Crippen LogP contribution in [-0.2, 0) is 90.8 Å². The third-order valence-electron chi connectivity index (χ3n) is 19.1. The van der Waals surface area contributed by atoms with Gasteiger partial charge in [-0.1, -0.05) is 63.2 Å². The number of anilines is 2. The molecule has 6 aromatic rings. The number of thioether (sulfide) groups is 1. The third kappa shape index (κ3) is 15.5. The van der Waals surface area contributed by atoms with E-state index in [2.05, 4.69) is 31.9 Å². The number of nitrogens with zero attached hydrogens (tertiary/aromatic N) is 5. The summed E-state index contributed by atoms with van der Waals surface area (Å²) in [6, 6.07) is 20.6. The van der Waals surface area contributed by atoms with Crippen molar-refractivity contribution in [2.45, 2.75) is 141 Å². The largest absolute Gasteiger partial charge is 0.457 e. The van der Waals surface area contributed by atoms with Crippen molar-refractivity contribution in [1.82, 2.24) is 45.9 Å². The lowest BCUT2D eigenvalue weighted by Crippen LogP contribution is -2.52. The molecule has 2 fully saturated rings. The molecule has 4 aliphatic heterocycles. The first kappa shape index (κ1) is 71.8. The van der Waals surface area contributed by atoms with Crippen LogP contribution >= 0.6 is 11.8 Å². The number of imide groups is 1. The highest BCUT2D eigenvalue weighted by molar-refractivity contribution is 8.00. The first-order chi connectivity index (χ1) is 48.3. The van der Waals surface area contributed by atoms with Gasteiger partial charge in [0.05, 0.1) is 71.7 Å². The highest BCUT2D eigenvalue weighted by Crippen LogP contribution is 2.47. The minimum absolute atomic E-state index is 0.0148. The zero-order valence-corrected chi connectivity index (χ0v) is 58.0. The Balaban J connectivity index is 0.661. The summed E-state index contributed by atoms with van der Waals surface area (Å²) < 4.78 is 34.7. The molecule has 28 heteroatoms. The monoisotopic (exact) mass is 1400 g/mol. The minimum Gasteiger partial charge on any atom is -0.457 e. The summed E-state index contributed by atoms with van der Waals surface area (Å²) in [4.78, 5) is 170. The summed E-state index contributed by atoms with van der Waals surface area (Å²) in [6.07, 6.45) is 3.24. The molecule has 10 amide bonds. The number of pyridine rings is 2. The number of likely N-dealkylation sites (tertiary alicyclic amines) is 1. The molecule has 1 aliphatic carbocycles. The third-order valence-corrected chi connectivity index (χ3v) is 20.0. The molecule has 6 heterocycles. The Kier molecular flexibility index (Phi) is 21.7. The molecule has 530 valence electrons. The maximum atomic E-state index is 15.6. The zero-order valence-electron chi connectivity index (χ0n) is 57.1. The van der Waals surface area contributed by atoms with Gasteiger partial charge in [-0.15, -0.1) is 0 Å². The van der Waals surface area contributed by atoms with Crippen molar-refractivity contribution in [3.05, 3.63) is 157 Å². The number of halogens is 1. The molecular weight excluding hydrogens is 1320 g/mol. The molecule has 2 saturated heterocycles. The van der Waals surface area contributed by atoms with Crippen molar-refractivity contribution < 1.29 is 71.3 Å². The van der Waals surface area contributed by atoms with Crippen LogP contribution in [-0.4, -0.2) is 148 Å². The summed E-state index contributed by atoms with van der Waals surface area (Å²) in [5.41, 5.74) is 4.09. The van der Waals surface area contributed by atoms with Crippen LogP contribution in [0.2, 0.25) is 0 Å². The molecule has 101 heavy (non-hydrogen) atoms. The van der Waals surface area contributed by atoms with Crippen LogP contribution in [0.15, 0.2) is 89.7 Å². The SMILES string of the molecule is CC[C@@]1(OC(=O)N(C)C[C@@H]2CCCN2C(=O)OCc2ccc(NC(=O)CNC(=O)[C@H](Cc3ccccc3)NC(=O)CNC(=O)CNC(=O)c3cc(C)cc(N4C(=O)CC(SC)C4=O)c3)cc2)C(=O)OCc2c1cc1n(c2=O)Cc2c-1nc1cc(F)c(C)c3c1c2[C@@H](NC(=O)CCC(C)C)CC3. The number of ether oxygens (including phenoxy) is 3. The van der Waals surface area contributed by atoms with Crippen molar-refractivity contribution in [2.24, 2.45) is 5.92 Å². The molecule has 5 atom stereocenters. The topological polar surface area (TPSA) is 332 Å². The molecule has 0 saturated carbocycles. The molecular formula is C73H80FN11O15S. The number of hydrogen-bond donors (Lipinski definition) is 6. The van der Waals surface area contributed by atoms with E-state index in [4.69, 9.17) is 19.2 Å². The van der Waals surface area contributed by atoms with Crippen LogP contribution in [0.1, 0.15) is 132 Å². The molecule has 1 unspecified atom stereocenters. The number of aryl methyl sites for hydroxylation is 2. The lowest BCUT2D eigenvalue weighted by atomic mass is 9.81. The number of carbonyl (C=O) groups excluding carboxylic acids is 11. The Morgan fingerprint density at radius 3 is 2.31 bits per heavy atom. The van der Waals surface area contributed by atoms with Crippen LogP contribution in [0.5, 0.6) is 0 Å². The number of hydrogen-bond acceptors (Lipinski definition) is 17. The van der Waals surface area contributed by atoms with Crippen molar-refractivity contribution in [3.8, 4) is 11.4 Å². The summed E-state index contributed by atoms with van der Waals surface area (Å²) in [7, 11) is 1.47. The fraction of sp³-hybridized carbons (Fsp3) is 0.411. The number of carbonyl (C=O) groups is 11. The Bertz CT molecular complexity index is 4420. The molecule has 0 bridgehead atoms. The Labute approximate surface area is 585 Å². The van der Waals surface area contributed by atoms with Gasteiger partial charge in [-0.25, -0.2) is 28.7 Å². The number of cyclic esters (lactones) is 1. The van der Waals surface area contributed by atoms with Crippen LogP contribution in [0.25, 0.3) is 22.3 Å². The van der Waals surface area contributed by atoms with Crippen LogP contribution < -0.4 is 42.4 Å². The van der Waals surface area contributed by atoms with Crippen molar-refractivity contribution in [3.63, 3.8) is 0 Å². The van der Waals surface area contributed by atoms with E-state index in [1.165, 1.54) is 51.4 Å².